The van der Waals surface area contributed by atoms with E-state index in [9.17, 15) is 0 Å². The molecule has 0 saturated carbocycles. The molecule has 0 aliphatic rings. The zero-order valence-corrected chi connectivity index (χ0v) is 10.9. The summed E-state index contributed by atoms with van der Waals surface area (Å²) >= 11 is 0. The Labute approximate surface area is 108 Å². The van der Waals surface area contributed by atoms with Crippen molar-refractivity contribution in [1.82, 2.24) is 9.88 Å². The fraction of sp³-hybridized carbons (Fsp3) is 0.267. The quantitative estimate of drug-likeness (QED) is 0.893. The minimum Gasteiger partial charge on any atom is -0.325 e. The van der Waals surface area contributed by atoms with Crippen LogP contribution in [0.1, 0.15) is 11.3 Å². The van der Waals surface area contributed by atoms with E-state index < -0.39 is 0 Å². The van der Waals surface area contributed by atoms with E-state index in [1.807, 2.05) is 6.07 Å². The molecule has 0 bridgehead atoms. The van der Waals surface area contributed by atoms with Crippen LogP contribution in [0.2, 0.25) is 0 Å². The highest BCUT2D eigenvalue weighted by molar-refractivity contribution is 5.65. The van der Waals surface area contributed by atoms with E-state index in [0.29, 0.717) is 6.54 Å². The smallest absolute Gasteiger partial charge is 0.0617 e. The third-order valence-electron chi connectivity index (χ3n) is 2.85. The van der Waals surface area contributed by atoms with E-state index >= 15 is 0 Å². The number of hydrogen-bond donors (Lipinski definition) is 1. The summed E-state index contributed by atoms with van der Waals surface area (Å²) in [6, 6.07) is 12.6. The summed E-state index contributed by atoms with van der Waals surface area (Å²) in [4.78, 5) is 6.47. The van der Waals surface area contributed by atoms with Gasteiger partial charge in [0.2, 0.25) is 0 Å². The Morgan fingerprint density at radius 2 is 1.83 bits per heavy atom. The van der Waals surface area contributed by atoms with Crippen molar-refractivity contribution in [2.24, 2.45) is 5.73 Å². The van der Waals surface area contributed by atoms with Gasteiger partial charge in [0.05, 0.1) is 5.69 Å². The lowest BCUT2D eigenvalue weighted by atomic mass is 10.0. The van der Waals surface area contributed by atoms with Crippen molar-refractivity contribution < 1.29 is 0 Å². The van der Waals surface area contributed by atoms with E-state index in [2.05, 4.69) is 54.3 Å². The Morgan fingerprint density at radius 3 is 2.44 bits per heavy atom. The molecular formula is C15H19N3. The number of pyridine rings is 1. The number of benzene rings is 1. The average Bonchev–Trinajstić information content (AvgIpc) is 2.39. The Kier molecular flexibility index (Phi) is 4.07. The second-order valence-corrected chi connectivity index (χ2v) is 4.64. The predicted molar refractivity (Wildman–Crippen MR) is 75.0 cm³/mol. The lowest BCUT2D eigenvalue weighted by Gasteiger charge is -2.11. The fourth-order valence-electron chi connectivity index (χ4n) is 2.02. The van der Waals surface area contributed by atoms with Crippen LogP contribution in [-0.2, 0) is 13.1 Å². The third-order valence-corrected chi connectivity index (χ3v) is 2.85. The maximum absolute atomic E-state index is 5.71. The topological polar surface area (TPSA) is 42.2 Å². The largest absolute Gasteiger partial charge is 0.325 e. The van der Waals surface area contributed by atoms with Crippen LogP contribution in [0.3, 0.4) is 0 Å². The Balaban J connectivity index is 2.28. The highest BCUT2D eigenvalue weighted by Crippen LogP contribution is 2.22. The van der Waals surface area contributed by atoms with Gasteiger partial charge in [-0.2, -0.15) is 0 Å². The summed E-state index contributed by atoms with van der Waals surface area (Å²) < 4.78 is 0. The summed E-state index contributed by atoms with van der Waals surface area (Å²) in [5.74, 6) is 0. The Hall–Kier alpha value is -1.71. The average molecular weight is 241 g/mol. The molecule has 94 valence electrons. The normalized spacial score (nSPS) is 10.9. The number of nitrogens with zero attached hydrogens (tertiary/aromatic N) is 2. The summed E-state index contributed by atoms with van der Waals surface area (Å²) in [7, 11) is 4.14. The summed E-state index contributed by atoms with van der Waals surface area (Å²) in [5, 5.41) is 0. The van der Waals surface area contributed by atoms with E-state index in [-0.39, 0.29) is 0 Å². The van der Waals surface area contributed by atoms with E-state index in [4.69, 9.17) is 5.73 Å². The van der Waals surface area contributed by atoms with Gasteiger partial charge in [0, 0.05) is 24.8 Å². The number of rotatable bonds is 4. The predicted octanol–water partition coefficient (Wildman–Crippen LogP) is 2.27. The first-order valence-corrected chi connectivity index (χ1v) is 6.08. The second kappa shape index (κ2) is 5.76. The van der Waals surface area contributed by atoms with Gasteiger partial charge in [-0.25, -0.2) is 0 Å². The molecule has 1 aromatic heterocycles. The summed E-state index contributed by atoms with van der Waals surface area (Å²) in [6.45, 7) is 1.42. The van der Waals surface area contributed by atoms with Crippen molar-refractivity contribution in [3.05, 3.63) is 53.9 Å². The van der Waals surface area contributed by atoms with Crippen LogP contribution in [0.5, 0.6) is 0 Å². The van der Waals surface area contributed by atoms with Crippen molar-refractivity contribution >= 4 is 0 Å². The van der Waals surface area contributed by atoms with Gasteiger partial charge in [-0.15, -0.1) is 0 Å². The summed E-state index contributed by atoms with van der Waals surface area (Å²) in [6.07, 6.45) is 1.78. The standard InChI is InChI=1S/C15H19N3/c1-18(2)11-12-5-7-13(8-6-12)14-4-3-9-17-15(14)10-16/h3-9H,10-11,16H2,1-2H3. The molecule has 1 heterocycles. The van der Waals surface area contributed by atoms with Crippen molar-refractivity contribution in [1.29, 1.82) is 0 Å². The van der Waals surface area contributed by atoms with Crippen molar-refractivity contribution in [3.8, 4) is 11.1 Å². The van der Waals surface area contributed by atoms with Crippen molar-refractivity contribution in [2.45, 2.75) is 13.1 Å². The van der Waals surface area contributed by atoms with Gasteiger partial charge in [0.25, 0.3) is 0 Å². The monoisotopic (exact) mass is 241 g/mol. The molecular weight excluding hydrogens is 222 g/mol. The molecule has 0 radical (unpaired) electrons. The Bertz CT molecular complexity index is 503. The molecule has 3 nitrogen and oxygen atoms in total. The molecule has 0 aliphatic carbocycles. The molecule has 0 spiro atoms. The van der Waals surface area contributed by atoms with Gasteiger partial charge in [0.15, 0.2) is 0 Å². The Morgan fingerprint density at radius 1 is 1.11 bits per heavy atom. The number of hydrogen-bond acceptors (Lipinski definition) is 3. The molecule has 0 saturated heterocycles. The molecule has 2 N–H and O–H groups in total. The van der Waals surface area contributed by atoms with Gasteiger partial charge in [-0.1, -0.05) is 30.3 Å². The molecule has 0 aliphatic heterocycles. The van der Waals surface area contributed by atoms with E-state index in [0.717, 1.165) is 17.8 Å². The van der Waals surface area contributed by atoms with Gasteiger partial charge in [0.1, 0.15) is 0 Å². The van der Waals surface area contributed by atoms with Crippen LogP contribution in [0, 0.1) is 0 Å². The number of nitrogens with two attached hydrogens (primary N) is 1. The minimum atomic E-state index is 0.468. The molecule has 3 heteroatoms. The van der Waals surface area contributed by atoms with Gasteiger partial charge < -0.3 is 10.6 Å². The first kappa shape index (κ1) is 12.7. The molecule has 0 fully saturated rings. The SMILES string of the molecule is CN(C)Cc1ccc(-c2cccnc2CN)cc1. The molecule has 0 amide bonds. The zero-order chi connectivity index (χ0) is 13.0. The first-order chi connectivity index (χ1) is 8.70. The van der Waals surface area contributed by atoms with Crippen LogP contribution in [0.25, 0.3) is 11.1 Å². The van der Waals surface area contributed by atoms with E-state index in [1.54, 1.807) is 6.20 Å². The van der Waals surface area contributed by atoms with E-state index in [1.165, 1.54) is 11.1 Å². The van der Waals surface area contributed by atoms with Crippen LogP contribution >= 0.6 is 0 Å². The number of aromatic nitrogens is 1. The van der Waals surface area contributed by atoms with Crippen LogP contribution in [0.15, 0.2) is 42.6 Å². The lowest BCUT2D eigenvalue weighted by molar-refractivity contribution is 0.402. The second-order valence-electron chi connectivity index (χ2n) is 4.64. The van der Waals surface area contributed by atoms with Gasteiger partial charge in [-0.3, -0.25) is 4.98 Å². The highest BCUT2D eigenvalue weighted by Gasteiger charge is 2.04. The lowest BCUT2D eigenvalue weighted by Crippen LogP contribution is -2.10. The molecule has 0 atom stereocenters. The third kappa shape index (κ3) is 2.94. The molecule has 0 unspecified atom stereocenters. The molecule has 1 aromatic carbocycles. The van der Waals surface area contributed by atoms with Crippen LogP contribution < -0.4 is 5.73 Å². The highest BCUT2D eigenvalue weighted by atomic mass is 15.0. The maximum Gasteiger partial charge on any atom is 0.0617 e. The summed E-state index contributed by atoms with van der Waals surface area (Å²) in [5.41, 5.74) is 10.3. The van der Waals surface area contributed by atoms with Crippen LogP contribution in [-0.4, -0.2) is 24.0 Å². The van der Waals surface area contributed by atoms with Crippen LogP contribution in [0.4, 0.5) is 0 Å². The van der Waals surface area contributed by atoms with Crippen molar-refractivity contribution in [3.63, 3.8) is 0 Å². The minimum absolute atomic E-state index is 0.468. The molecule has 2 aromatic rings. The zero-order valence-electron chi connectivity index (χ0n) is 10.9. The van der Waals surface area contributed by atoms with Gasteiger partial charge >= 0.3 is 0 Å². The molecule has 18 heavy (non-hydrogen) atoms. The maximum atomic E-state index is 5.71. The van der Waals surface area contributed by atoms with Crippen molar-refractivity contribution in [2.75, 3.05) is 14.1 Å². The first-order valence-electron chi connectivity index (χ1n) is 6.08. The van der Waals surface area contributed by atoms with Gasteiger partial charge in [-0.05, 0) is 31.3 Å². The fourth-order valence-corrected chi connectivity index (χ4v) is 2.02. The molecule has 2 rings (SSSR count).